The molecule has 1 aromatic carbocycles. The fraction of sp³-hybridized carbons (Fsp3) is 0.250. The Balaban J connectivity index is 1.66. The Morgan fingerprint density at radius 1 is 1.27 bits per heavy atom. The van der Waals surface area contributed by atoms with Gasteiger partial charge in [-0.3, -0.25) is 4.98 Å². The summed E-state index contributed by atoms with van der Waals surface area (Å²) in [6.45, 7) is 1.47. The summed E-state index contributed by atoms with van der Waals surface area (Å²) in [6, 6.07) is 13.4. The van der Waals surface area contributed by atoms with Crippen molar-refractivity contribution in [1.82, 2.24) is 9.97 Å². The van der Waals surface area contributed by atoms with E-state index >= 15 is 0 Å². The molecule has 0 spiro atoms. The topological polar surface area (TPSA) is 75.2 Å². The molecule has 2 aromatic heterocycles. The van der Waals surface area contributed by atoms with Crippen molar-refractivity contribution in [3.8, 4) is 23.4 Å². The van der Waals surface area contributed by atoms with Crippen LogP contribution in [0.1, 0.15) is 23.4 Å². The number of ether oxygens (including phenoxy) is 1. The second kappa shape index (κ2) is 6.89. The first-order chi connectivity index (χ1) is 12.8. The predicted octanol–water partition coefficient (Wildman–Crippen LogP) is 3.57. The molecule has 1 aliphatic heterocycles. The van der Waals surface area contributed by atoms with Crippen LogP contribution >= 0.6 is 0 Å². The molecule has 0 fully saturated rings. The molecule has 0 saturated carbocycles. The van der Waals surface area contributed by atoms with Gasteiger partial charge in [-0.05, 0) is 37.1 Å². The van der Waals surface area contributed by atoms with Crippen LogP contribution in [0.4, 0.5) is 5.69 Å². The van der Waals surface area contributed by atoms with E-state index in [0.29, 0.717) is 23.7 Å². The Morgan fingerprint density at radius 2 is 2.19 bits per heavy atom. The Bertz CT molecular complexity index is 960. The maximum atomic E-state index is 9.26. The number of pyridine rings is 1. The third-order valence-corrected chi connectivity index (χ3v) is 4.46. The second-order valence-electron chi connectivity index (χ2n) is 6.16. The molecule has 3 aromatic rings. The number of hydrogen-bond donors (Lipinski definition) is 0. The summed E-state index contributed by atoms with van der Waals surface area (Å²) >= 11 is 0. The molecule has 130 valence electrons. The van der Waals surface area contributed by atoms with E-state index in [4.69, 9.17) is 9.15 Å². The van der Waals surface area contributed by atoms with Crippen molar-refractivity contribution >= 4 is 5.69 Å². The number of anilines is 1. The monoisotopic (exact) mass is 346 g/mol. The summed E-state index contributed by atoms with van der Waals surface area (Å²) in [7, 11) is 1.61. The standard InChI is InChI=1S/C20H18N4O2/c1-25-16-10-14(12-21)9-15(11-16)24-8-4-6-17-19(13-24)26-20(23-17)18-5-2-3-7-22-18/h2-3,5,7,9-11H,4,6,8,13H2,1H3. The number of fused-ring (bicyclic) bond motifs is 1. The Labute approximate surface area is 151 Å². The highest BCUT2D eigenvalue weighted by Crippen LogP contribution is 2.30. The van der Waals surface area contributed by atoms with Gasteiger partial charge in [0.2, 0.25) is 5.89 Å². The lowest BCUT2D eigenvalue weighted by Crippen LogP contribution is -2.22. The summed E-state index contributed by atoms with van der Waals surface area (Å²) in [6.07, 6.45) is 3.55. The molecule has 0 aliphatic carbocycles. The zero-order chi connectivity index (χ0) is 17.9. The van der Waals surface area contributed by atoms with Gasteiger partial charge in [0.05, 0.1) is 31.0 Å². The van der Waals surface area contributed by atoms with E-state index in [0.717, 1.165) is 42.2 Å². The summed E-state index contributed by atoms with van der Waals surface area (Å²) in [5, 5.41) is 9.26. The summed E-state index contributed by atoms with van der Waals surface area (Å²) in [5.41, 5.74) is 3.25. The van der Waals surface area contributed by atoms with Gasteiger partial charge in [-0.2, -0.15) is 5.26 Å². The van der Waals surface area contributed by atoms with Crippen molar-refractivity contribution in [2.45, 2.75) is 19.4 Å². The second-order valence-corrected chi connectivity index (χ2v) is 6.16. The number of aryl methyl sites for hydroxylation is 1. The van der Waals surface area contributed by atoms with Crippen LogP contribution in [0.15, 0.2) is 47.0 Å². The first-order valence-electron chi connectivity index (χ1n) is 8.51. The van der Waals surface area contributed by atoms with Crippen molar-refractivity contribution in [3.63, 3.8) is 0 Å². The van der Waals surface area contributed by atoms with E-state index in [1.54, 1.807) is 19.4 Å². The molecule has 1 aliphatic rings. The summed E-state index contributed by atoms with van der Waals surface area (Å²) in [5.74, 6) is 2.08. The molecule has 26 heavy (non-hydrogen) atoms. The van der Waals surface area contributed by atoms with Gasteiger partial charge in [-0.15, -0.1) is 0 Å². The van der Waals surface area contributed by atoms with E-state index < -0.39 is 0 Å². The lowest BCUT2D eigenvalue weighted by atomic mass is 10.2. The van der Waals surface area contributed by atoms with Gasteiger partial charge in [0, 0.05) is 24.5 Å². The number of methoxy groups -OCH3 is 1. The molecule has 3 heterocycles. The van der Waals surface area contributed by atoms with Crippen LogP contribution in [0.2, 0.25) is 0 Å². The molecule has 0 radical (unpaired) electrons. The van der Waals surface area contributed by atoms with E-state index in [1.807, 2.05) is 30.3 Å². The Hall–Kier alpha value is -3.33. The number of benzene rings is 1. The molecule has 0 unspecified atom stereocenters. The quantitative estimate of drug-likeness (QED) is 0.722. The SMILES string of the molecule is COc1cc(C#N)cc(N2CCCc3nc(-c4ccccn4)oc3C2)c1. The lowest BCUT2D eigenvalue weighted by molar-refractivity contribution is 0.414. The highest BCUT2D eigenvalue weighted by Gasteiger charge is 2.22. The zero-order valence-electron chi connectivity index (χ0n) is 14.5. The highest BCUT2D eigenvalue weighted by molar-refractivity contribution is 5.57. The van der Waals surface area contributed by atoms with Crippen LogP contribution < -0.4 is 9.64 Å². The van der Waals surface area contributed by atoms with E-state index in [2.05, 4.69) is 20.9 Å². The molecule has 6 nitrogen and oxygen atoms in total. The van der Waals surface area contributed by atoms with Crippen LogP contribution in [0.3, 0.4) is 0 Å². The van der Waals surface area contributed by atoms with E-state index in [1.165, 1.54) is 0 Å². The van der Waals surface area contributed by atoms with Crippen LogP contribution in [0.5, 0.6) is 5.75 Å². The molecular weight excluding hydrogens is 328 g/mol. The minimum Gasteiger partial charge on any atom is -0.497 e. The molecule has 0 saturated heterocycles. The minimum absolute atomic E-state index is 0.556. The third kappa shape index (κ3) is 3.11. The number of rotatable bonds is 3. The van der Waals surface area contributed by atoms with E-state index in [9.17, 15) is 5.26 Å². The van der Waals surface area contributed by atoms with Gasteiger partial charge < -0.3 is 14.1 Å². The number of aromatic nitrogens is 2. The van der Waals surface area contributed by atoms with E-state index in [-0.39, 0.29) is 0 Å². The van der Waals surface area contributed by atoms with Crippen molar-refractivity contribution in [2.24, 2.45) is 0 Å². The smallest absolute Gasteiger partial charge is 0.245 e. The molecule has 0 N–H and O–H groups in total. The predicted molar refractivity (Wildman–Crippen MR) is 96.8 cm³/mol. The average Bonchev–Trinajstić information content (AvgIpc) is 2.99. The van der Waals surface area contributed by atoms with Crippen LogP contribution in [0, 0.1) is 11.3 Å². The minimum atomic E-state index is 0.556. The number of oxazole rings is 1. The van der Waals surface area contributed by atoms with Gasteiger partial charge in [-0.1, -0.05) is 6.07 Å². The van der Waals surface area contributed by atoms with Crippen molar-refractivity contribution < 1.29 is 9.15 Å². The average molecular weight is 346 g/mol. The van der Waals surface area contributed by atoms with Crippen LogP contribution in [-0.2, 0) is 13.0 Å². The zero-order valence-corrected chi connectivity index (χ0v) is 14.5. The van der Waals surface area contributed by atoms with Gasteiger partial charge in [0.25, 0.3) is 0 Å². The fourth-order valence-electron chi connectivity index (χ4n) is 3.16. The largest absolute Gasteiger partial charge is 0.497 e. The summed E-state index contributed by atoms with van der Waals surface area (Å²) < 4.78 is 11.4. The molecule has 0 bridgehead atoms. The van der Waals surface area contributed by atoms with Crippen LogP contribution in [-0.4, -0.2) is 23.6 Å². The third-order valence-electron chi connectivity index (χ3n) is 4.46. The molecular formula is C20H18N4O2. The number of nitriles is 1. The van der Waals surface area contributed by atoms with Crippen LogP contribution in [0.25, 0.3) is 11.6 Å². The van der Waals surface area contributed by atoms with Gasteiger partial charge >= 0.3 is 0 Å². The molecule has 4 rings (SSSR count). The lowest BCUT2D eigenvalue weighted by Gasteiger charge is -2.22. The number of hydrogen-bond acceptors (Lipinski definition) is 6. The van der Waals surface area contributed by atoms with Crippen molar-refractivity contribution in [1.29, 1.82) is 5.26 Å². The highest BCUT2D eigenvalue weighted by atomic mass is 16.5. The van der Waals surface area contributed by atoms with Crippen molar-refractivity contribution in [3.05, 3.63) is 59.6 Å². The maximum absolute atomic E-state index is 9.26. The van der Waals surface area contributed by atoms with Gasteiger partial charge in [-0.25, -0.2) is 4.98 Å². The molecule has 0 amide bonds. The first-order valence-corrected chi connectivity index (χ1v) is 8.51. The Kier molecular flexibility index (Phi) is 4.28. The molecule has 0 atom stereocenters. The Morgan fingerprint density at radius 3 is 2.96 bits per heavy atom. The normalized spacial score (nSPS) is 13.6. The molecule has 6 heteroatoms. The maximum Gasteiger partial charge on any atom is 0.245 e. The first kappa shape index (κ1) is 16.2. The fourth-order valence-corrected chi connectivity index (χ4v) is 3.16. The number of nitrogens with zero attached hydrogens (tertiary/aromatic N) is 4. The van der Waals surface area contributed by atoms with Gasteiger partial charge in [0.15, 0.2) is 0 Å². The van der Waals surface area contributed by atoms with Crippen molar-refractivity contribution in [2.75, 3.05) is 18.6 Å². The van der Waals surface area contributed by atoms with Gasteiger partial charge in [0.1, 0.15) is 17.2 Å². The summed E-state index contributed by atoms with van der Waals surface area (Å²) in [4.78, 5) is 11.2.